The maximum Gasteiger partial charge on any atom is 0.303 e. The maximum absolute atomic E-state index is 10.7. The van der Waals surface area contributed by atoms with Gasteiger partial charge in [-0.3, -0.25) is 4.79 Å². The van der Waals surface area contributed by atoms with E-state index in [2.05, 4.69) is 5.32 Å². The van der Waals surface area contributed by atoms with E-state index in [9.17, 15) is 4.79 Å². The lowest BCUT2D eigenvalue weighted by atomic mass is 9.87. The van der Waals surface area contributed by atoms with E-state index < -0.39 is 5.97 Å². The van der Waals surface area contributed by atoms with Gasteiger partial charge in [0.15, 0.2) is 0 Å². The van der Waals surface area contributed by atoms with E-state index in [1.54, 1.807) is 0 Å². The van der Waals surface area contributed by atoms with Crippen LogP contribution in [0.25, 0.3) is 0 Å². The fraction of sp³-hybridized carbons (Fsp3) is 0.462. The summed E-state index contributed by atoms with van der Waals surface area (Å²) in [4.78, 5) is 10.7. The molecule has 2 N–H and O–H groups in total. The Kier molecular flexibility index (Phi) is 4.02. The van der Waals surface area contributed by atoms with Crippen molar-refractivity contribution in [2.45, 2.75) is 25.3 Å². The molecule has 0 aromatic heterocycles. The Balaban J connectivity index is 2.07. The molecule has 1 heterocycles. The third-order valence-electron chi connectivity index (χ3n) is 3.26. The summed E-state index contributed by atoms with van der Waals surface area (Å²) in [5, 5.41) is 13.0. The predicted octanol–water partition coefficient (Wildman–Crippen LogP) is 2.86. The molecule has 0 spiro atoms. The fourth-order valence-electron chi connectivity index (χ4n) is 2.42. The molecule has 0 amide bonds. The Morgan fingerprint density at radius 2 is 2.24 bits per heavy atom. The maximum atomic E-state index is 10.7. The molecular weight excluding hydrogens is 238 g/mol. The summed E-state index contributed by atoms with van der Waals surface area (Å²) in [6.45, 7) is 0.855. The molecule has 1 fully saturated rings. The van der Waals surface area contributed by atoms with E-state index >= 15 is 0 Å². The molecule has 0 bridgehead atoms. The summed E-state index contributed by atoms with van der Waals surface area (Å²) < 4.78 is 0. The third-order valence-corrected chi connectivity index (χ3v) is 3.60. The molecule has 2 rings (SSSR count). The summed E-state index contributed by atoms with van der Waals surface area (Å²) in [5.41, 5.74) is 1.07. The van der Waals surface area contributed by atoms with Crippen molar-refractivity contribution in [3.05, 3.63) is 34.9 Å². The molecule has 0 saturated carbocycles. The smallest absolute Gasteiger partial charge is 0.303 e. The number of hydrogen-bond donors (Lipinski definition) is 2. The molecule has 1 aliphatic heterocycles. The second-order valence-electron chi connectivity index (χ2n) is 4.52. The summed E-state index contributed by atoms with van der Waals surface area (Å²) in [6.07, 6.45) is 2.02. The van der Waals surface area contributed by atoms with E-state index in [1.807, 2.05) is 24.3 Å². The molecule has 17 heavy (non-hydrogen) atoms. The zero-order valence-corrected chi connectivity index (χ0v) is 10.3. The van der Waals surface area contributed by atoms with Gasteiger partial charge in [0.1, 0.15) is 0 Å². The van der Waals surface area contributed by atoms with Crippen LogP contribution in [0.4, 0.5) is 0 Å². The topological polar surface area (TPSA) is 49.3 Å². The van der Waals surface area contributed by atoms with Crippen LogP contribution >= 0.6 is 11.6 Å². The van der Waals surface area contributed by atoms with Crippen LogP contribution in [0.5, 0.6) is 0 Å². The predicted molar refractivity (Wildman–Crippen MR) is 67.2 cm³/mol. The monoisotopic (exact) mass is 253 g/mol. The molecule has 2 atom stereocenters. The lowest BCUT2D eigenvalue weighted by Gasteiger charge is -2.30. The van der Waals surface area contributed by atoms with Gasteiger partial charge in [0, 0.05) is 17.5 Å². The first-order chi connectivity index (χ1) is 8.16. The quantitative estimate of drug-likeness (QED) is 0.871. The summed E-state index contributed by atoms with van der Waals surface area (Å²) in [5.74, 6) is -0.468. The summed E-state index contributed by atoms with van der Waals surface area (Å²) in [7, 11) is 0. The fourth-order valence-corrected chi connectivity index (χ4v) is 2.69. The number of rotatable bonds is 3. The van der Waals surface area contributed by atoms with E-state index in [0.29, 0.717) is 0 Å². The van der Waals surface area contributed by atoms with Gasteiger partial charge >= 0.3 is 5.97 Å². The van der Waals surface area contributed by atoms with Crippen LogP contribution in [0.15, 0.2) is 24.3 Å². The number of carboxylic acid groups (broad SMARTS) is 1. The highest BCUT2D eigenvalue weighted by Gasteiger charge is 2.25. The first-order valence-corrected chi connectivity index (χ1v) is 6.24. The van der Waals surface area contributed by atoms with Crippen molar-refractivity contribution < 1.29 is 9.90 Å². The van der Waals surface area contributed by atoms with Gasteiger partial charge in [-0.25, -0.2) is 0 Å². The van der Waals surface area contributed by atoms with Gasteiger partial charge in [0.2, 0.25) is 0 Å². The largest absolute Gasteiger partial charge is 0.481 e. The van der Waals surface area contributed by atoms with Gasteiger partial charge in [0.05, 0.1) is 0 Å². The number of halogens is 1. The van der Waals surface area contributed by atoms with Crippen LogP contribution in [0.2, 0.25) is 5.02 Å². The van der Waals surface area contributed by atoms with Crippen LogP contribution < -0.4 is 5.32 Å². The van der Waals surface area contributed by atoms with Gasteiger partial charge in [-0.15, -0.1) is 0 Å². The third kappa shape index (κ3) is 3.20. The van der Waals surface area contributed by atoms with Crippen molar-refractivity contribution in [1.29, 1.82) is 0 Å². The lowest BCUT2D eigenvalue weighted by Crippen LogP contribution is -2.32. The van der Waals surface area contributed by atoms with Gasteiger partial charge in [-0.05, 0) is 36.9 Å². The Morgan fingerprint density at radius 1 is 1.47 bits per heavy atom. The number of nitrogens with one attached hydrogen (secondary N) is 1. The molecule has 1 saturated heterocycles. The van der Waals surface area contributed by atoms with Crippen molar-refractivity contribution >= 4 is 17.6 Å². The molecule has 1 aromatic carbocycles. The minimum Gasteiger partial charge on any atom is -0.481 e. The zero-order valence-electron chi connectivity index (χ0n) is 9.53. The van der Waals surface area contributed by atoms with Crippen molar-refractivity contribution in [3.8, 4) is 0 Å². The second kappa shape index (κ2) is 5.52. The van der Waals surface area contributed by atoms with E-state index in [0.717, 1.165) is 30.0 Å². The molecule has 1 aliphatic rings. The first kappa shape index (κ1) is 12.4. The van der Waals surface area contributed by atoms with Gasteiger partial charge < -0.3 is 10.4 Å². The van der Waals surface area contributed by atoms with Crippen LogP contribution in [-0.4, -0.2) is 17.6 Å². The SMILES string of the molecule is O=C(O)CC1CCNC(c2ccccc2Cl)C1. The van der Waals surface area contributed by atoms with E-state index in [1.165, 1.54) is 0 Å². The standard InChI is InChI=1S/C13H16ClNO2/c14-11-4-2-1-3-10(11)12-7-9(5-6-15-12)8-13(16)17/h1-4,9,12,15H,5-8H2,(H,16,17). The Morgan fingerprint density at radius 3 is 2.94 bits per heavy atom. The number of hydrogen-bond acceptors (Lipinski definition) is 2. The molecule has 4 heteroatoms. The van der Waals surface area contributed by atoms with Crippen molar-refractivity contribution in [1.82, 2.24) is 5.32 Å². The number of benzene rings is 1. The van der Waals surface area contributed by atoms with Gasteiger partial charge in [0.25, 0.3) is 0 Å². The molecule has 2 unspecified atom stereocenters. The Labute approximate surface area is 106 Å². The van der Waals surface area contributed by atoms with Gasteiger partial charge in [-0.1, -0.05) is 29.8 Å². The van der Waals surface area contributed by atoms with E-state index in [-0.39, 0.29) is 18.4 Å². The number of carboxylic acids is 1. The summed E-state index contributed by atoms with van der Waals surface area (Å²) in [6, 6.07) is 7.93. The molecule has 3 nitrogen and oxygen atoms in total. The van der Waals surface area contributed by atoms with Crippen LogP contribution in [-0.2, 0) is 4.79 Å². The molecule has 0 aliphatic carbocycles. The van der Waals surface area contributed by atoms with Gasteiger partial charge in [-0.2, -0.15) is 0 Å². The van der Waals surface area contributed by atoms with Crippen molar-refractivity contribution in [3.63, 3.8) is 0 Å². The van der Waals surface area contributed by atoms with Crippen LogP contribution in [0.1, 0.15) is 30.9 Å². The van der Waals surface area contributed by atoms with Crippen LogP contribution in [0.3, 0.4) is 0 Å². The first-order valence-electron chi connectivity index (χ1n) is 5.86. The Hall–Kier alpha value is -1.06. The zero-order chi connectivity index (χ0) is 12.3. The highest BCUT2D eigenvalue weighted by atomic mass is 35.5. The average molecular weight is 254 g/mol. The van der Waals surface area contributed by atoms with Crippen molar-refractivity contribution in [2.75, 3.05) is 6.54 Å². The lowest BCUT2D eigenvalue weighted by molar-refractivity contribution is -0.138. The minimum absolute atomic E-state index is 0.182. The molecule has 1 aromatic rings. The molecular formula is C13H16ClNO2. The molecule has 0 radical (unpaired) electrons. The van der Waals surface area contributed by atoms with Crippen molar-refractivity contribution in [2.24, 2.45) is 5.92 Å². The molecule has 92 valence electrons. The highest BCUT2D eigenvalue weighted by Crippen LogP contribution is 2.32. The van der Waals surface area contributed by atoms with E-state index in [4.69, 9.17) is 16.7 Å². The van der Waals surface area contributed by atoms with Crippen LogP contribution in [0, 0.1) is 5.92 Å². The number of carbonyl (C=O) groups is 1. The number of aliphatic carboxylic acids is 1. The Bertz CT molecular complexity index is 408. The number of piperidine rings is 1. The summed E-state index contributed by atoms with van der Waals surface area (Å²) >= 11 is 6.15. The minimum atomic E-state index is -0.713. The average Bonchev–Trinajstić information content (AvgIpc) is 2.29. The normalized spacial score (nSPS) is 24.5. The second-order valence-corrected chi connectivity index (χ2v) is 4.92. The highest BCUT2D eigenvalue weighted by molar-refractivity contribution is 6.31.